The largest absolute Gasteiger partial charge is 0.448 e. The number of pyridine rings is 1. The van der Waals surface area contributed by atoms with Crippen LogP contribution in [0.25, 0.3) is 0 Å². The van der Waals surface area contributed by atoms with Gasteiger partial charge in [-0.2, -0.15) is 0 Å². The zero-order valence-electron chi connectivity index (χ0n) is 10.5. The maximum atomic E-state index is 10.4. The first kappa shape index (κ1) is 15.7. The molecule has 6 nitrogen and oxygen atoms in total. The molecule has 1 amide bonds. The van der Waals surface area contributed by atoms with E-state index in [4.69, 9.17) is 28.9 Å². The molecule has 0 unspecified atom stereocenters. The number of nitrogens with zero attached hydrogens (tertiary/aromatic N) is 1. The molecule has 0 bridgehead atoms. The van der Waals surface area contributed by atoms with Crippen LogP contribution in [0.2, 0.25) is 10.0 Å². The highest BCUT2D eigenvalue weighted by atomic mass is 35.5. The average molecular weight is 307 g/mol. The Balaban J connectivity index is 2.63. The van der Waals surface area contributed by atoms with Crippen molar-refractivity contribution in [1.29, 1.82) is 0 Å². The van der Waals surface area contributed by atoms with Gasteiger partial charge in [0, 0.05) is 6.54 Å². The first-order chi connectivity index (χ1) is 9.04. The normalized spacial score (nSPS) is 10.1. The van der Waals surface area contributed by atoms with Crippen LogP contribution < -0.4 is 16.4 Å². The monoisotopic (exact) mass is 306 g/mol. The summed E-state index contributed by atoms with van der Waals surface area (Å²) in [6, 6.07) is 1.60. The molecule has 1 aromatic rings. The molecular formula is C11H16Cl2N4O2. The van der Waals surface area contributed by atoms with Crippen molar-refractivity contribution in [2.45, 2.75) is 13.3 Å². The van der Waals surface area contributed by atoms with E-state index in [1.165, 1.54) is 0 Å². The Morgan fingerprint density at radius 2 is 1.89 bits per heavy atom. The summed E-state index contributed by atoms with van der Waals surface area (Å²) in [4.78, 5) is 14.7. The number of halogens is 2. The summed E-state index contributed by atoms with van der Waals surface area (Å²) in [5.74, 6) is 1.03. The Morgan fingerprint density at radius 1 is 1.32 bits per heavy atom. The minimum atomic E-state index is -0.817. The summed E-state index contributed by atoms with van der Waals surface area (Å²) < 4.78 is 4.59. The van der Waals surface area contributed by atoms with E-state index in [0.717, 1.165) is 13.0 Å². The second kappa shape index (κ2) is 7.91. The summed E-state index contributed by atoms with van der Waals surface area (Å²) in [5.41, 5.74) is 4.84. The summed E-state index contributed by atoms with van der Waals surface area (Å²) in [5, 5.41) is 6.88. The molecule has 8 heteroatoms. The number of ether oxygens (including phenoxy) is 1. The van der Waals surface area contributed by atoms with Gasteiger partial charge in [0.05, 0.1) is 16.6 Å². The first-order valence-corrected chi connectivity index (χ1v) is 6.56. The molecule has 0 atom stereocenters. The van der Waals surface area contributed by atoms with Crippen LogP contribution in [0.3, 0.4) is 0 Å². The Hall–Kier alpha value is -1.40. The number of hydrogen-bond donors (Lipinski definition) is 3. The fraction of sp³-hybridized carbons (Fsp3) is 0.455. The topological polar surface area (TPSA) is 89.3 Å². The Labute approximate surface area is 121 Å². The molecule has 1 rings (SSSR count). The molecule has 0 aromatic carbocycles. The lowest BCUT2D eigenvalue weighted by atomic mass is 10.4. The van der Waals surface area contributed by atoms with E-state index >= 15 is 0 Å². The molecule has 0 saturated carbocycles. The average Bonchev–Trinajstić information content (AvgIpc) is 2.35. The van der Waals surface area contributed by atoms with Crippen LogP contribution in [0, 0.1) is 0 Å². The van der Waals surface area contributed by atoms with Gasteiger partial charge in [0.2, 0.25) is 0 Å². The zero-order chi connectivity index (χ0) is 14.3. The molecule has 1 aromatic heterocycles. The predicted molar refractivity (Wildman–Crippen MR) is 77.1 cm³/mol. The highest BCUT2D eigenvalue weighted by Crippen LogP contribution is 2.28. The van der Waals surface area contributed by atoms with Crippen LogP contribution in [0.4, 0.5) is 16.4 Å². The fourth-order valence-corrected chi connectivity index (χ4v) is 1.77. The lowest BCUT2D eigenvalue weighted by molar-refractivity contribution is 0.161. The minimum Gasteiger partial charge on any atom is -0.448 e. The van der Waals surface area contributed by atoms with Gasteiger partial charge >= 0.3 is 6.09 Å². The summed E-state index contributed by atoms with van der Waals surface area (Å²) in [6.45, 7) is 3.29. The summed E-state index contributed by atoms with van der Waals surface area (Å²) in [7, 11) is 0. The van der Waals surface area contributed by atoms with Crippen molar-refractivity contribution < 1.29 is 9.53 Å². The van der Waals surface area contributed by atoms with E-state index in [1.807, 2.05) is 6.92 Å². The van der Waals surface area contributed by atoms with Crippen molar-refractivity contribution in [3.8, 4) is 0 Å². The van der Waals surface area contributed by atoms with E-state index < -0.39 is 6.09 Å². The van der Waals surface area contributed by atoms with Gasteiger partial charge in [0.15, 0.2) is 0 Å². The number of nitrogens with one attached hydrogen (secondary N) is 2. The van der Waals surface area contributed by atoms with Crippen molar-refractivity contribution >= 4 is 40.9 Å². The lowest BCUT2D eigenvalue weighted by Gasteiger charge is -2.12. The maximum Gasteiger partial charge on any atom is 0.404 e. The Kier molecular flexibility index (Phi) is 6.52. The van der Waals surface area contributed by atoms with Gasteiger partial charge in [-0.15, -0.1) is 0 Å². The highest BCUT2D eigenvalue weighted by molar-refractivity contribution is 6.37. The number of anilines is 2. The number of amides is 1. The third kappa shape index (κ3) is 5.40. The van der Waals surface area contributed by atoms with Gasteiger partial charge in [-0.1, -0.05) is 30.1 Å². The zero-order valence-corrected chi connectivity index (χ0v) is 12.0. The molecular weight excluding hydrogens is 291 g/mol. The number of nitrogens with two attached hydrogens (primary N) is 1. The van der Waals surface area contributed by atoms with Gasteiger partial charge in [-0.05, 0) is 12.5 Å². The molecule has 0 aliphatic rings. The van der Waals surface area contributed by atoms with E-state index in [1.54, 1.807) is 6.07 Å². The number of primary amides is 1. The van der Waals surface area contributed by atoms with E-state index in [2.05, 4.69) is 20.4 Å². The molecule has 19 heavy (non-hydrogen) atoms. The molecule has 106 valence electrons. The molecule has 0 aliphatic heterocycles. The van der Waals surface area contributed by atoms with Gasteiger partial charge in [-0.25, -0.2) is 9.78 Å². The molecule has 0 spiro atoms. The molecule has 0 aliphatic carbocycles. The van der Waals surface area contributed by atoms with Crippen molar-refractivity contribution in [1.82, 2.24) is 4.98 Å². The minimum absolute atomic E-state index is 0.133. The second-order valence-corrected chi connectivity index (χ2v) is 4.48. The van der Waals surface area contributed by atoms with Crippen LogP contribution in [-0.4, -0.2) is 30.8 Å². The van der Waals surface area contributed by atoms with Crippen LogP contribution in [0.1, 0.15) is 13.3 Å². The SMILES string of the molecule is CCCNc1nc(NCCOC(N)=O)c(Cl)cc1Cl. The number of hydrogen-bond acceptors (Lipinski definition) is 5. The molecule has 0 radical (unpaired) electrons. The van der Waals surface area contributed by atoms with Crippen LogP contribution in [-0.2, 0) is 4.74 Å². The fourth-order valence-electron chi connectivity index (χ4n) is 1.28. The maximum absolute atomic E-state index is 10.4. The second-order valence-electron chi connectivity index (χ2n) is 3.67. The molecule has 0 fully saturated rings. The van der Waals surface area contributed by atoms with Crippen molar-refractivity contribution in [2.75, 3.05) is 30.3 Å². The van der Waals surface area contributed by atoms with Gasteiger partial charge in [0.25, 0.3) is 0 Å². The molecule has 1 heterocycles. The number of rotatable bonds is 7. The third-order valence-corrected chi connectivity index (χ3v) is 2.69. The smallest absolute Gasteiger partial charge is 0.404 e. The number of aromatic nitrogens is 1. The summed E-state index contributed by atoms with van der Waals surface area (Å²) in [6.07, 6.45) is 0.137. The van der Waals surface area contributed by atoms with Gasteiger partial charge in [0.1, 0.15) is 18.2 Å². The highest BCUT2D eigenvalue weighted by Gasteiger charge is 2.08. The third-order valence-electron chi connectivity index (χ3n) is 2.11. The number of carbonyl (C=O) groups is 1. The quantitative estimate of drug-likeness (QED) is 0.674. The van der Waals surface area contributed by atoms with Crippen molar-refractivity contribution in [3.63, 3.8) is 0 Å². The Morgan fingerprint density at radius 3 is 2.42 bits per heavy atom. The predicted octanol–water partition coefficient (Wildman–Crippen LogP) is 2.72. The van der Waals surface area contributed by atoms with E-state index in [0.29, 0.717) is 28.2 Å². The molecule has 0 saturated heterocycles. The van der Waals surface area contributed by atoms with Crippen molar-refractivity contribution in [2.24, 2.45) is 5.73 Å². The number of carbonyl (C=O) groups excluding carboxylic acids is 1. The lowest BCUT2D eigenvalue weighted by Crippen LogP contribution is -2.19. The summed E-state index contributed by atoms with van der Waals surface area (Å²) >= 11 is 12.0. The Bertz CT molecular complexity index is 443. The first-order valence-electron chi connectivity index (χ1n) is 5.80. The van der Waals surface area contributed by atoms with E-state index in [-0.39, 0.29) is 6.61 Å². The standard InChI is InChI=1S/C11H16Cl2N4O2/c1-2-3-15-9-7(12)6-8(13)10(17-9)16-4-5-19-11(14)18/h6H,2-5H2,1H3,(H2,14,18)(H2,15,16,17). The van der Waals surface area contributed by atoms with Gasteiger partial charge in [-0.3, -0.25) is 0 Å². The molecule has 4 N–H and O–H groups in total. The van der Waals surface area contributed by atoms with Crippen LogP contribution in [0.5, 0.6) is 0 Å². The van der Waals surface area contributed by atoms with Crippen molar-refractivity contribution in [3.05, 3.63) is 16.1 Å². The van der Waals surface area contributed by atoms with E-state index in [9.17, 15) is 4.79 Å². The van der Waals surface area contributed by atoms with Gasteiger partial charge < -0.3 is 21.1 Å². The van der Waals surface area contributed by atoms with Crippen LogP contribution in [0.15, 0.2) is 6.07 Å². The van der Waals surface area contributed by atoms with Crippen LogP contribution >= 0.6 is 23.2 Å².